The van der Waals surface area contributed by atoms with E-state index in [9.17, 15) is 0 Å². The molecule has 94 valence electrons. The number of rotatable bonds is 5. The van der Waals surface area contributed by atoms with Crippen molar-refractivity contribution in [3.05, 3.63) is 33.8 Å². The van der Waals surface area contributed by atoms with Gasteiger partial charge in [-0.25, -0.2) is 0 Å². The molecule has 1 aromatic carbocycles. The Balaban J connectivity index is 2.01. The molecule has 1 nitrogen and oxygen atoms in total. The molecule has 0 aliphatic heterocycles. The minimum absolute atomic E-state index is 0.484. The van der Waals surface area contributed by atoms with Gasteiger partial charge in [-0.1, -0.05) is 48.5 Å². The fourth-order valence-corrected chi connectivity index (χ4v) is 2.96. The van der Waals surface area contributed by atoms with Crippen molar-refractivity contribution in [1.82, 2.24) is 5.32 Å². The molecule has 0 bridgehead atoms. The first-order valence-electron chi connectivity index (χ1n) is 6.31. The molecule has 1 atom stereocenters. The van der Waals surface area contributed by atoms with Crippen molar-refractivity contribution in [2.75, 3.05) is 7.05 Å². The van der Waals surface area contributed by atoms with Crippen LogP contribution in [0, 0.1) is 5.92 Å². The van der Waals surface area contributed by atoms with Gasteiger partial charge in [-0.3, -0.25) is 0 Å². The van der Waals surface area contributed by atoms with Crippen LogP contribution in [0.4, 0.5) is 0 Å². The van der Waals surface area contributed by atoms with E-state index in [-0.39, 0.29) is 0 Å². The highest BCUT2D eigenvalue weighted by molar-refractivity contribution is 6.35. The van der Waals surface area contributed by atoms with Gasteiger partial charge in [-0.2, -0.15) is 0 Å². The second-order valence-corrected chi connectivity index (χ2v) is 5.74. The molecule has 0 heterocycles. The molecule has 3 heteroatoms. The average Bonchev–Trinajstić information content (AvgIpc) is 2.25. The van der Waals surface area contributed by atoms with E-state index in [2.05, 4.69) is 5.32 Å². The Bertz CT molecular complexity index is 354. The number of hydrogen-bond donors (Lipinski definition) is 1. The van der Waals surface area contributed by atoms with Crippen molar-refractivity contribution in [1.29, 1.82) is 0 Å². The predicted molar refractivity (Wildman–Crippen MR) is 75.0 cm³/mol. The van der Waals surface area contributed by atoms with Crippen LogP contribution < -0.4 is 5.32 Å². The third-order valence-corrected chi connectivity index (χ3v) is 4.47. The molecule has 0 radical (unpaired) electrons. The van der Waals surface area contributed by atoms with E-state index in [1.54, 1.807) is 0 Å². The number of likely N-dealkylation sites (N-methyl/N-ethyl adjacent to an activating group) is 1. The first kappa shape index (κ1) is 13.2. The van der Waals surface area contributed by atoms with Gasteiger partial charge in [0.1, 0.15) is 0 Å². The molecular formula is C14H19Cl2N. The lowest BCUT2D eigenvalue weighted by Crippen LogP contribution is -2.32. The maximum atomic E-state index is 6.20. The van der Waals surface area contributed by atoms with Crippen molar-refractivity contribution < 1.29 is 0 Å². The minimum Gasteiger partial charge on any atom is -0.317 e. The topological polar surface area (TPSA) is 12.0 Å². The van der Waals surface area contributed by atoms with Gasteiger partial charge in [0.2, 0.25) is 0 Å². The van der Waals surface area contributed by atoms with Crippen molar-refractivity contribution in [3.63, 3.8) is 0 Å². The monoisotopic (exact) mass is 271 g/mol. The zero-order valence-corrected chi connectivity index (χ0v) is 11.7. The van der Waals surface area contributed by atoms with Crippen LogP contribution in [-0.2, 0) is 6.42 Å². The highest BCUT2D eigenvalue weighted by Crippen LogP contribution is 2.32. The zero-order chi connectivity index (χ0) is 12.3. The van der Waals surface area contributed by atoms with E-state index in [0.717, 1.165) is 27.9 Å². The summed E-state index contributed by atoms with van der Waals surface area (Å²) < 4.78 is 0. The quantitative estimate of drug-likeness (QED) is 0.842. The van der Waals surface area contributed by atoms with Gasteiger partial charge >= 0.3 is 0 Å². The Morgan fingerprint density at radius 3 is 2.41 bits per heavy atom. The van der Waals surface area contributed by atoms with Crippen LogP contribution in [0.25, 0.3) is 0 Å². The van der Waals surface area contributed by atoms with Crippen molar-refractivity contribution in [2.24, 2.45) is 5.92 Å². The molecule has 2 rings (SSSR count). The van der Waals surface area contributed by atoms with Gasteiger partial charge in [0.25, 0.3) is 0 Å². The van der Waals surface area contributed by atoms with Crippen LogP contribution in [0.1, 0.15) is 31.2 Å². The Morgan fingerprint density at radius 1 is 1.29 bits per heavy atom. The Hall–Kier alpha value is -0.240. The molecule has 1 fully saturated rings. The Morgan fingerprint density at radius 2 is 1.94 bits per heavy atom. The lowest BCUT2D eigenvalue weighted by Gasteiger charge is -2.30. The fourth-order valence-electron chi connectivity index (χ4n) is 2.41. The summed E-state index contributed by atoms with van der Waals surface area (Å²) in [5.41, 5.74) is 1.08. The summed E-state index contributed by atoms with van der Waals surface area (Å²) in [4.78, 5) is 0. The van der Waals surface area contributed by atoms with Crippen LogP contribution in [0.2, 0.25) is 10.0 Å². The molecule has 1 N–H and O–H groups in total. The molecule has 1 unspecified atom stereocenters. The van der Waals surface area contributed by atoms with E-state index in [4.69, 9.17) is 23.2 Å². The Labute approximate surface area is 114 Å². The van der Waals surface area contributed by atoms with Crippen molar-refractivity contribution in [2.45, 2.75) is 38.1 Å². The maximum Gasteiger partial charge on any atom is 0.0453 e. The summed E-state index contributed by atoms with van der Waals surface area (Å²) in [6, 6.07) is 6.21. The summed E-state index contributed by atoms with van der Waals surface area (Å²) in [7, 11) is 2.02. The van der Waals surface area contributed by atoms with Gasteiger partial charge in [-0.15, -0.1) is 0 Å². The molecule has 1 aliphatic rings. The van der Waals surface area contributed by atoms with Gasteiger partial charge < -0.3 is 5.32 Å². The van der Waals surface area contributed by atoms with E-state index in [1.165, 1.54) is 25.7 Å². The maximum absolute atomic E-state index is 6.20. The molecule has 0 saturated heterocycles. The smallest absolute Gasteiger partial charge is 0.0453 e. The molecule has 1 aliphatic carbocycles. The van der Waals surface area contributed by atoms with E-state index >= 15 is 0 Å². The van der Waals surface area contributed by atoms with Gasteiger partial charge in [0.05, 0.1) is 0 Å². The summed E-state index contributed by atoms with van der Waals surface area (Å²) >= 11 is 12.4. The number of nitrogens with one attached hydrogen (secondary N) is 1. The van der Waals surface area contributed by atoms with E-state index in [0.29, 0.717) is 6.04 Å². The molecule has 0 amide bonds. The normalized spacial score (nSPS) is 17.8. The van der Waals surface area contributed by atoms with Crippen molar-refractivity contribution >= 4 is 23.2 Å². The highest BCUT2D eigenvalue weighted by Gasteiger charge is 2.22. The molecule has 1 aromatic rings. The molecule has 0 aromatic heterocycles. The highest BCUT2D eigenvalue weighted by atomic mass is 35.5. The van der Waals surface area contributed by atoms with Crippen LogP contribution in [-0.4, -0.2) is 13.1 Å². The van der Waals surface area contributed by atoms with Gasteiger partial charge in [0.15, 0.2) is 0 Å². The number of halogens is 2. The second-order valence-electron chi connectivity index (χ2n) is 4.92. The molecule has 17 heavy (non-hydrogen) atoms. The van der Waals surface area contributed by atoms with Crippen LogP contribution in [0.15, 0.2) is 18.2 Å². The van der Waals surface area contributed by atoms with E-state index < -0.39 is 0 Å². The van der Waals surface area contributed by atoms with Crippen LogP contribution in [0.3, 0.4) is 0 Å². The van der Waals surface area contributed by atoms with Gasteiger partial charge in [0, 0.05) is 16.1 Å². The lowest BCUT2D eigenvalue weighted by atomic mass is 9.80. The predicted octanol–water partition coefficient (Wildman–Crippen LogP) is 4.31. The first-order valence-corrected chi connectivity index (χ1v) is 7.06. The Kier molecular flexibility index (Phi) is 4.72. The first-order chi connectivity index (χ1) is 8.20. The number of benzene rings is 1. The SMILES string of the molecule is CNC(Cc1c(Cl)cccc1Cl)CC1CCC1. The second kappa shape index (κ2) is 6.08. The molecular weight excluding hydrogens is 253 g/mol. The minimum atomic E-state index is 0.484. The average molecular weight is 272 g/mol. The van der Waals surface area contributed by atoms with Crippen LogP contribution in [0.5, 0.6) is 0 Å². The van der Waals surface area contributed by atoms with Crippen LogP contribution >= 0.6 is 23.2 Å². The summed E-state index contributed by atoms with van der Waals surface area (Å²) in [6.07, 6.45) is 6.32. The third kappa shape index (κ3) is 3.37. The van der Waals surface area contributed by atoms with Crippen molar-refractivity contribution in [3.8, 4) is 0 Å². The third-order valence-electron chi connectivity index (χ3n) is 3.76. The summed E-state index contributed by atoms with van der Waals surface area (Å²) in [5, 5.41) is 4.95. The lowest BCUT2D eigenvalue weighted by molar-refractivity contribution is 0.263. The zero-order valence-electron chi connectivity index (χ0n) is 10.2. The summed E-state index contributed by atoms with van der Waals surface area (Å²) in [6.45, 7) is 0. The summed E-state index contributed by atoms with van der Waals surface area (Å²) in [5.74, 6) is 0.897. The standard InChI is InChI=1S/C14H19Cl2N/c1-17-11(8-10-4-2-5-10)9-12-13(15)6-3-7-14(12)16/h3,6-7,10-11,17H,2,4-5,8-9H2,1H3. The molecule has 0 spiro atoms. The van der Waals surface area contributed by atoms with Gasteiger partial charge in [-0.05, 0) is 43.5 Å². The fraction of sp³-hybridized carbons (Fsp3) is 0.571. The molecule has 1 saturated carbocycles. The largest absolute Gasteiger partial charge is 0.317 e. The van der Waals surface area contributed by atoms with E-state index in [1.807, 2.05) is 25.2 Å². The number of hydrogen-bond acceptors (Lipinski definition) is 1.